The molecule has 3 amide bonds. The number of ether oxygens (including phenoxy) is 2. The van der Waals surface area contributed by atoms with Crippen molar-refractivity contribution in [2.24, 2.45) is 23.7 Å². The minimum absolute atomic E-state index is 0.0598. The zero-order chi connectivity index (χ0) is 33.0. The number of fused-ring (bicyclic) bond motifs is 1. The predicted molar refractivity (Wildman–Crippen MR) is 159 cm³/mol. The topological polar surface area (TPSA) is 109 Å². The second-order valence-electron chi connectivity index (χ2n) is 14.3. The van der Waals surface area contributed by atoms with Crippen LogP contribution in [0.5, 0.6) is 0 Å². The van der Waals surface area contributed by atoms with Crippen LogP contribution in [-0.4, -0.2) is 113 Å². The summed E-state index contributed by atoms with van der Waals surface area (Å²) < 4.78 is 56.1. The first-order valence-electron chi connectivity index (χ1n) is 16.7. The molecule has 1 aromatic rings. The lowest BCUT2D eigenvalue weighted by Crippen LogP contribution is -2.63. The van der Waals surface area contributed by atoms with Gasteiger partial charge in [-0.05, 0) is 50.9 Å². The SMILES string of the molecule is CCCC[C@H]1CN(CC2[C@H]3CN(C(=O)OC)C[C@@H]23)C(=O)OC12CCN(C1(C)CCN(C(=O)c3c(C)noc3C(F)(F)F)CC1)CC2. The highest BCUT2D eigenvalue weighted by Crippen LogP contribution is 2.53. The predicted octanol–water partition coefficient (Wildman–Crippen LogP) is 5.03. The molecule has 6 rings (SSSR count). The highest BCUT2D eigenvalue weighted by molar-refractivity contribution is 5.96. The fourth-order valence-corrected chi connectivity index (χ4v) is 8.65. The van der Waals surface area contributed by atoms with Crippen LogP contribution in [0.1, 0.15) is 80.6 Å². The van der Waals surface area contributed by atoms with Crippen molar-refractivity contribution in [3.63, 3.8) is 0 Å². The Morgan fingerprint density at radius 2 is 1.67 bits per heavy atom. The third-order valence-corrected chi connectivity index (χ3v) is 11.7. The number of unbranched alkanes of at least 4 members (excludes halogenated alkanes) is 1. The van der Waals surface area contributed by atoms with Crippen molar-refractivity contribution in [1.82, 2.24) is 24.8 Å². The van der Waals surface area contributed by atoms with E-state index in [9.17, 15) is 27.6 Å². The molecule has 5 fully saturated rings. The molecule has 0 radical (unpaired) electrons. The number of amides is 3. The lowest BCUT2D eigenvalue weighted by atomic mass is 9.74. The monoisotopic (exact) mass is 653 g/mol. The van der Waals surface area contributed by atoms with Gasteiger partial charge in [0.15, 0.2) is 0 Å². The Bertz CT molecular complexity index is 1310. The molecule has 1 saturated carbocycles. The minimum Gasteiger partial charge on any atom is -0.453 e. The van der Waals surface area contributed by atoms with E-state index in [2.05, 4.69) is 28.4 Å². The van der Waals surface area contributed by atoms with Gasteiger partial charge < -0.3 is 28.7 Å². The molecule has 4 aliphatic heterocycles. The maximum Gasteiger partial charge on any atom is 0.453 e. The van der Waals surface area contributed by atoms with Crippen LogP contribution in [0.25, 0.3) is 0 Å². The van der Waals surface area contributed by atoms with Crippen LogP contribution >= 0.6 is 0 Å². The van der Waals surface area contributed by atoms with Crippen molar-refractivity contribution in [2.45, 2.75) is 83.0 Å². The highest BCUT2D eigenvalue weighted by Gasteiger charge is 2.59. The lowest BCUT2D eigenvalue weighted by molar-refractivity contribution is -0.156. The summed E-state index contributed by atoms with van der Waals surface area (Å²) in [5.41, 5.74) is -1.29. The first-order chi connectivity index (χ1) is 21.8. The van der Waals surface area contributed by atoms with Gasteiger partial charge in [-0.2, -0.15) is 13.2 Å². The molecule has 1 aromatic heterocycles. The third kappa shape index (κ3) is 5.94. The Kier molecular flexibility index (Phi) is 8.73. The number of carbonyl (C=O) groups is 3. The number of carbonyl (C=O) groups excluding carboxylic acids is 3. The van der Waals surface area contributed by atoms with E-state index < -0.39 is 29.0 Å². The number of nitrogens with zero attached hydrogens (tertiary/aromatic N) is 5. The van der Waals surface area contributed by atoms with E-state index in [4.69, 9.17) is 9.47 Å². The van der Waals surface area contributed by atoms with Crippen molar-refractivity contribution in [1.29, 1.82) is 0 Å². The summed E-state index contributed by atoms with van der Waals surface area (Å²) >= 11 is 0. The molecule has 0 bridgehead atoms. The van der Waals surface area contributed by atoms with Crippen LogP contribution in [-0.2, 0) is 15.7 Å². The number of alkyl halides is 3. The summed E-state index contributed by atoms with van der Waals surface area (Å²) in [4.78, 5) is 46.0. The van der Waals surface area contributed by atoms with E-state index in [1.807, 2.05) is 4.90 Å². The number of hydrogen-bond donors (Lipinski definition) is 0. The average molecular weight is 654 g/mol. The maximum absolute atomic E-state index is 13.4. The van der Waals surface area contributed by atoms with Gasteiger partial charge in [0, 0.05) is 76.7 Å². The third-order valence-electron chi connectivity index (χ3n) is 11.7. The van der Waals surface area contributed by atoms with Crippen LogP contribution in [0, 0.1) is 30.6 Å². The van der Waals surface area contributed by atoms with Crippen molar-refractivity contribution in [2.75, 3.05) is 59.5 Å². The Balaban J connectivity index is 1.05. The maximum atomic E-state index is 13.4. The van der Waals surface area contributed by atoms with E-state index >= 15 is 0 Å². The largest absolute Gasteiger partial charge is 0.453 e. The van der Waals surface area contributed by atoms with Gasteiger partial charge in [0.1, 0.15) is 11.2 Å². The summed E-state index contributed by atoms with van der Waals surface area (Å²) in [7, 11) is 1.40. The Labute approximate surface area is 267 Å². The Hall–Kier alpha value is -3.03. The Morgan fingerprint density at radius 1 is 1.02 bits per heavy atom. The van der Waals surface area contributed by atoms with Crippen LogP contribution < -0.4 is 0 Å². The van der Waals surface area contributed by atoms with Gasteiger partial charge >= 0.3 is 18.4 Å². The molecule has 46 heavy (non-hydrogen) atoms. The molecule has 5 aliphatic rings. The molecule has 256 valence electrons. The van der Waals surface area contributed by atoms with Crippen LogP contribution in [0.4, 0.5) is 22.8 Å². The number of aryl methyl sites for hydroxylation is 1. The molecule has 11 nitrogen and oxygen atoms in total. The molecule has 14 heteroatoms. The van der Waals surface area contributed by atoms with E-state index in [0.717, 1.165) is 45.2 Å². The summed E-state index contributed by atoms with van der Waals surface area (Å²) in [6, 6.07) is 0. The number of aromatic nitrogens is 1. The average Bonchev–Trinajstić information content (AvgIpc) is 3.32. The summed E-state index contributed by atoms with van der Waals surface area (Å²) in [5.74, 6) is -0.585. The Morgan fingerprint density at radius 3 is 2.26 bits per heavy atom. The van der Waals surface area contributed by atoms with Gasteiger partial charge in [-0.3, -0.25) is 9.69 Å². The zero-order valence-electron chi connectivity index (χ0n) is 27.2. The van der Waals surface area contributed by atoms with Crippen LogP contribution in [0.2, 0.25) is 0 Å². The van der Waals surface area contributed by atoms with Crippen molar-refractivity contribution < 1.29 is 41.6 Å². The first-order valence-corrected chi connectivity index (χ1v) is 16.7. The van der Waals surface area contributed by atoms with Gasteiger partial charge in [-0.15, -0.1) is 0 Å². The van der Waals surface area contributed by atoms with E-state index in [-0.39, 0.29) is 29.3 Å². The lowest BCUT2D eigenvalue weighted by Gasteiger charge is -2.55. The van der Waals surface area contributed by atoms with Crippen molar-refractivity contribution in [3.8, 4) is 0 Å². The smallest absolute Gasteiger partial charge is 0.453 e. The number of piperidine rings is 3. The molecule has 0 aromatic carbocycles. The molecule has 4 saturated heterocycles. The number of likely N-dealkylation sites (tertiary alicyclic amines) is 3. The normalized spacial score (nSPS) is 29.1. The fraction of sp³-hybridized carbons (Fsp3) is 0.812. The zero-order valence-corrected chi connectivity index (χ0v) is 27.2. The van der Waals surface area contributed by atoms with Gasteiger partial charge in [0.2, 0.25) is 0 Å². The van der Waals surface area contributed by atoms with E-state index in [1.54, 1.807) is 4.90 Å². The van der Waals surface area contributed by atoms with Gasteiger partial charge in [-0.1, -0.05) is 24.9 Å². The van der Waals surface area contributed by atoms with Crippen molar-refractivity contribution in [3.05, 3.63) is 17.0 Å². The summed E-state index contributed by atoms with van der Waals surface area (Å²) in [6.07, 6.45) is 0.518. The second-order valence-corrected chi connectivity index (χ2v) is 14.3. The van der Waals surface area contributed by atoms with E-state index in [1.165, 1.54) is 18.9 Å². The van der Waals surface area contributed by atoms with Gasteiger partial charge in [0.05, 0.1) is 12.8 Å². The molecule has 1 spiro atoms. The molecule has 5 heterocycles. The number of halogens is 3. The summed E-state index contributed by atoms with van der Waals surface area (Å²) in [6.45, 7) is 10.6. The molecule has 1 aliphatic carbocycles. The summed E-state index contributed by atoms with van der Waals surface area (Å²) in [5, 5.41) is 3.41. The quantitative estimate of drug-likeness (QED) is 0.403. The molecular formula is C32H46F3N5O6. The van der Waals surface area contributed by atoms with Gasteiger partial charge in [0.25, 0.3) is 11.7 Å². The molecule has 1 unspecified atom stereocenters. The molecule has 0 N–H and O–H groups in total. The van der Waals surface area contributed by atoms with Crippen LogP contribution in [0.15, 0.2) is 4.52 Å². The highest BCUT2D eigenvalue weighted by atomic mass is 19.4. The standard InChI is InChI=1S/C32H46F3N5O6/c1-5-6-7-21-16-38(17-22-23-18-39(19-24(22)23)28(42)44-4)29(43)45-31(21)10-14-40(15-11-31)30(3)8-12-37(13-9-30)27(41)25-20(2)36-46-26(25)32(33,34)35/h21-24H,5-19H2,1-4H3/t21-,22?,23-,24+/m0/s1. The molecular weight excluding hydrogens is 607 g/mol. The number of rotatable bonds is 7. The van der Waals surface area contributed by atoms with Crippen molar-refractivity contribution >= 4 is 18.1 Å². The first kappa shape index (κ1) is 32.9. The van der Waals surface area contributed by atoms with Gasteiger partial charge in [-0.25, -0.2) is 9.59 Å². The fourth-order valence-electron chi connectivity index (χ4n) is 8.65. The molecule has 4 atom stereocenters. The number of methoxy groups -OCH3 is 1. The number of hydrogen-bond acceptors (Lipinski definition) is 8. The minimum atomic E-state index is -4.79. The van der Waals surface area contributed by atoms with Crippen LogP contribution in [0.3, 0.4) is 0 Å². The second kappa shape index (κ2) is 12.2. The van der Waals surface area contributed by atoms with E-state index in [0.29, 0.717) is 69.9 Å².